The summed E-state index contributed by atoms with van der Waals surface area (Å²) in [5, 5.41) is 3.61. The Morgan fingerprint density at radius 3 is 2.71 bits per heavy atom. The van der Waals surface area contributed by atoms with Crippen molar-refractivity contribution in [1.82, 2.24) is 5.32 Å². The lowest BCUT2D eigenvalue weighted by Gasteiger charge is -2.10. The first kappa shape index (κ1) is 14.0. The van der Waals surface area contributed by atoms with Crippen LogP contribution in [-0.2, 0) is 9.53 Å². The van der Waals surface area contributed by atoms with Gasteiger partial charge in [-0.15, -0.1) is 22.7 Å². The van der Waals surface area contributed by atoms with Gasteiger partial charge in [0, 0.05) is 21.8 Å². The van der Waals surface area contributed by atoms with E-state index in [4.69, 9.17) is 4.74 Å². The van der Waals surface area contributed by atoms with Gasteiger partial charge >= 0.3 is 5.97 Å². The van der Waals surface area contributed by atoms with Crippen molar-refractivity contribution < 1.29 is 14.3 Å². The summed E-state index contributed by atoms with van der Waals surface area (Å²) >= 11 is 3.06. The quantitative estimate of drug-likeness (QED) is 0.753. The Hall–Kier alpha value is -1.92. The Labute approximate surface area is 129 Å². The highest BCUT2D eigenvalue weighted by Gasteiger charge is 2.20. The van der Waals surface area contributed by atoms with Crippen LogP contribution in [-0.4, -0.2) is 25.0 Å². The van der Waals surface area contributed by atoms with Crippen LogP contribution in [0.3, 0.4) is 0 Å². The largest absolute Gasteiger partial charge is 0.448 e. The molecule has 2 aromatic heterocycles. The molecule has 0 aliphatic carbocycles. The predicted octanol–water partition coefficient (Wildman–Crippen LogP) is 3.41. The first-order valence-corrected chi connectivity index (χ1v) is 8.07. The van der Waals surface area contributed by atoms with Gasteiger partial charge in [-0.05, 0) is 19.1 Å². The second-order valence-corrected chi connectivity index (χ2v) is 6.70. The van der Waals surface area contributed by atoms with E-state index in [0.717, 1.165) is 14.8 Å². The molecule has 3 rings (SSSR count). The number of nitrogens with one attached hydrogen (secondary N) is 1. The van der Waals surface area contributed by atoms with Gasteiger partial charge in [-0.3, -0.25) is 4.79 Å². The minimum absolute atomic E-state index is 0.313. The summed E-state index contributed by atoms with van der Waals surface area (Å²) in [4.78, 5) is 24.0. The normalized spacial score (nSPS) is 12.5. The fraction of sp³-hybridized carbons (Fsp3) is 0.200. The second kappa shape index (κ2) is 5.46. The van der Waals surface area contributed by atoms with Gasteiger partial charge in [0.1, 0.15) is 4.88 Å². The Bertz CT molecular complexity index is 834. The number of likely N-dealkylation sites (N-methyl/N-ethyl adjacent to an activating group) is 1. The smallest absolute Gasteiger partial charge is 0.349 e. The Morgan fingerprint density at radius 1 is 1.19 bits per heavy atom. The van der Waals surface area contributed by atoms with Crippen LogP contribution in [0.15, 0.2) is 30.3 Å². The Balaban J connectivity index is 1.91. The highest BCUT2D eigenvalue weighted by atomic mass is 32.1. The van der Waals surface area contributed by atoms with Crippen molar-refractivity contribution in [3.05, 3.63) is 35.2 Å². The van der Waals surface area contributed by atoms with Crippen LogP contribution in [0, 0.1) is 0 Å². The van der Waals surface area contributed by atoms with Gasteiger partial charge in [0.25, 0.3) is 5.91 Å². The zero-order valence-electron chi connectivity index (χ0n) is 11.5. The van der Waals surface area contributed by atoms with Crippen LogP contribution in [0.1, 0.15) is 16.6 Å². The van der Waals surface area contributed by atoms with Crippen molar-refractivity contribution in [3.8, 4) is 0 Å². The van der Waals surface area contributed by atoms with E-state index in [0.29, 0.717) is 4.88 Å². The number of thiophene rings is 2. The monoisotopic (exact) mass is 319 g/mol. The second-order valence-electron chi connectivity index (χ2n) is 4.56. The molecular formula is C15H13NO3S2. The van der Waals surface area contributed by atoms with E-state index in [1.165, 1.54) is 23.1 Å². The van der Waals surface area contributed by atoms with Crippen LogP contribution in [0.2, 0.25) is 0 Å². The molecule has 0 saturated heterocycles. The van der Waals surface area contributed by atoms with Crippen molar-refractivity contribution in [3.63, 3.8) is 0 Å². The average Bonchev–Trinajstić information content (AvgIpc) is 3.03. The maximum atomic E-state index is 12.1. The number of benzene rings is 1. The molecule has 2 heterocycles. The summed E-state index contributed by atoms with van der Waals surface area (Å²) in [6, 6.07) is 9.94. The van der Waals surface area contributed by atoms with E-state index in [1.807, 2.05) is 24.3 Å². The molecule has 108 valence electrons. The van der Waals surface area contributed by atoms with Crippen molar-refractivity contribution >= 4 is 54.0 Å². The third-order valence-corrected chi connectivity index (χ3v) is 5.55. The molecule has 1 N–H and O–H groups in total. The SMILES string of the molecule is CNC(=O)C(C)OC(=O)c1cc2sc3ccccc3c2s1. The summed E-state index contributed by atoms with van der Waals surface area (Å²) in [5.74, 6) is -0.768. The molecule has 3 aromatic rings. The first-order chi connectivity index (χ1) is 10.1. The molecule has 1 unspecified atom stereocenters. The van der Waals surface area contributed by atoms with Gasteiger partial charge in [0.2, 0.25) is 0 Å². The lowest BCUT2D eigenvalue weighted by Crippen LogP contribution is -2.33. The third kappa shape index (κ3) is 2.52. The number of esters is 1. The Kier molecular flexibility index (Phi) is 3.65. The molecule has 1 aromatic carbocycles. The van der Waals surface area contributed by atoms with Crippen LogP contribution < -0.4 is 5.32 Å². The molecule has 1 atom stereocenters. The number of ether oxygens (including phenoxy) is 1. The minimum atomic E-state index is -0.792. The highest BCUT2D eigenvalue weighted by Crippen LogP contribution is 2.39. The number of carbonyl (C=O) groups excluding carboxylic acids is 2. The predicted molar refractivity (Wildman–Crippen MR) is 86.2 cm³/mol. The molecule has 0 saturated carbocycles. The molecule has 0 aliphatic rings. The molecule has 0 fully saturated rings. The van der Waals surface area contributed by atoms with Crippen LogP contribution in [0.25, 0.3) is 19.5 Å². The van der Waals surface area contributed by atoms with Crippen molar-refractivity contribution in [2.45, 2.75) is 13.0 Å². The maximum absolute atomic E-state index is 12.1. The summed E-state index contributed by atoms with van der Waals surface area (Å²) in [5.41, 5.74) is 0. The number of hydrogen-bond donors (Lipinski definition) is 1. The molecule has 0 radical (unpaired) electrons. The molecular weight excluding hydrogens is 306 g/mol. The van der Waals surface area contributed by atoms with Crippen molar-refractivity contribution in [2.24, 2.45) is 0 Å². The van der Waals surface area contributed by atoms with Crippen molar-refractivity contribution in [1.29, 1.82) is 0 Å². The highest BCUT2D eigenvalue weighted by molar-refractivity contribution is 7.33. The fourth-order valence-corrected chi connectivity index (χ4v) is 4.48. The maximum Gasteiger partial charge on any atom is 0.349 e. The fourth-order valence-electron chi connectivity index (χ4n) is 2.08. The zero-order chi connectivity index (χ0) is 15.0. The van der Waals surface area contributed by atoms with Gasteiger partial charge in [0.05, 0.1) is 4.70 Å². The molecule has 1 amide bonds. The number of carbonyl (C=O) groups is 2. The molecule has 0 bridgehead atoms. The van der Waals surface area contributed by atoms with Gasteiger partial charge in [-0.1, -0.05) is 18.2 Å². The van der Waals surface area contributed by atoms with E-state index in [2.05, 4.69) is 11.4 Å². The number of amides is 1. The van der Waals surface area contributed by atoms with Gasteiger partial charge in [-0.2, -0.15) is 0 Å². The average molecular weight is 319 g/mol. The van der Waals surface area contributed by atoms with Gasteiger partial charge in [-0.25, -0.2) is 4.79 Å². The van der Waals surface area contributed by atoms with E-state index < -0.39 is 12.1 Å². The first-order valence-electron chi connectivity index (χ1n) is 6.44. The van der Waals surface area contributed by atoms with Crippen LogP contribution in [0.4, 0.5) is 0 Å². The standard InChI is InChI=1S/C15H13NO3S2/c1-8(14(17)16-2)19-15(18)12-7-11-13(21-12)9-5-3-4-6-10(9)20-11/h3-8H,1-2H3,(H,16,17). The molecule has 0 spiro atoms. The number of fused-ring (bicyclic) bond motifs is 3. The minimum Gasteiger partial charge on any atom is -0.448 e. The van der Waals surface area contributed by atoms with Crippen molar-refractivity contribution in [2.75, 3.05) is 7.05 Å². The molecule has 6 heteroatoms. The zero-order valence-corrected chi connectivity index (χ0v) is 13.1. The summed E-state index contributed by atoms with van der Waals surface area (Å²) in [7, 11) is 1.51. The van der Waals surface area contributed by atoms with Gasteiger partial charge < -0.3 is 10.1 Å². The van der Waals surface area contributed by atoms with Crippen LogP contribution >= 0.6 is 22.7 Å². The lowest BCUT2D eigenvalue weighted by atomic mass is 10.2. The van der Waals surface area contributed by atoms with Crippen LogP contribution in [0.5, 0.6) is 0 Å². The van der Waals surface area contributed by atoms with E-state index in [-0.39, 0.29) is 5.91 Å². The van der Waals surface area contributed by atoms with E-state index in [9.17, 15) is 9.59 Å². The van der Waals surface area contributed by atoms with Gasteiger partial charge in [0.15, 0.2) is 6.10 Å². The summed E-state index contributed by atoms with van der Waals surface area (Å²) < 4.78 is 8.53. The summed E-state index contributed by atoms with van der Waals surface area (Å²) in [6.07, 6.45) is -0.792. The molecule has 0 aliphatic heterocycles. The number of hydrogen-bond acceptors (Lipinski definition) is 5. The lowest BCUT2D eigenvalue weighted by molar-refractivity contribution is -0.128. The summed E-state index contributed by atoms with van der Waals surface area (Å²) in [6.45, 7) is 1.56. The number of rotatable bonds is 3. The molecule has 4 nitrogen and oxygen atoms in total. The van der Waals surface area contributed by atoms with E-state index >= 15 is 0 Å². The van der Waals surface area contributed by atoms with E-state index in [1.54, 1.807) is 18.3 Å². The Morgan fingerprint density at radius 2 is 1.95 bits per heavy atom. The molecule has 21 heavy (non-hydrogen) atoms. The topological polar surface area (TPSA) is 55.4 Å². The third-order valence-electron chi connectivity index (χ3n) is 3.15.